The first kappa shape index (κ1) is 29.6. The summed E-state index contributed by atoms with van der Waals surface area (Å²) >= 11 is 0. The number of furan rings is 1. The van der Waals surface area contributed by atoms with Crippen molar-refractivity contribution >= 4 is 82.4 Å². The van der Waals surface area contributed by atoms with E-state index >= 15 is 0 Å². The van der Waals surface area contributed by atoms with E-state index < -0.39 is 0 Å². The molecule has 248 valence electrons. The number of anilines is 3. The number of fused-ring (bicyclic) bond motifs is 9. The molecule has 0 aliphatic heterocycles. The van der Waals surface area contributed by atoms with Gasteiger partial charge in [-0.25, -0.2) is 0 Å². The Balaban J connectivity index is 1.11. The van der Waals surface area contributed by atoms with Crippen LogP contribution in [0.15, 0.2) is 199 Å². The molecule has 0 bridgehead atoms. The van der Waals surface area contributed by atoms with Gasteiger partial charge in [0, 0.05) is 44.3 Å². The Morgan fingerprint density at radius 1 is 0.340 bits per heavy atom. The van der Waals surface area contributed by atoms with Crippen molar-refractivity contribution in [1.82, 2.24) is 4.57 Å². The predicted molar refractivity (Wildman–Crippen MR) is 223 cm³/mol. The van der Waals surface area contributed by atoms with Crippen molar-refractivity contribution in [2.75, 3.05) is 4.90 Å². The summed E-state index contributed by atoms with van der Waals surface area (Å²) in [5.74, 6) is 0. The predicted octanol–water partition coefficient (Wildman–Crippen LogP) is 14.1. The summed E-state index contributed by atoms with van der Waals surface area (Å²) < 4.78 is 8.64. The standard InChI is InChI=1S/C50H32N2O/c1-2-11-33(12-3-1)35-13-10-14-39(29-35)51(37-25-27-38(28-26-37)52-47-18-7-4-15-41(47)42-16-5-8-19-48(42)52)40-24-23-34-21-22-36-30-50-46(32-45(36)44(34)31-40)43-17-6-9-20-49(43)53-50/h1-32H. The molecule has 0 spiro atoms. The van der Waals surface area contributed by atoms with E-state index in [-0.39, 0.29) is 0 Å². The topological polar surface area (TPSA) is 21.3 Å². The van der Waals surface area contributed by atoms with Crippen LogP contribution in [0.4, 0.5) is 17.1 Å². The van der Waals surface area contributed by atoms with Crippen LogP contribution in [0, 0.1) is 0 Å². The summed E-state index contributed by atoms with van der Waals surface area (Å²) in [4.78, 5) is 2.38. The van der Waals surface area contributed by atoms with Gasteiger partial charge in [-0.05, 0) is 112 Å². The molecule has 0 amide bonds. The molecule has 53 heavy (non-hydrogen) atoms. The lowest BCUT2D eigenvalue weighted by Gasteiger charge is -2.27. The summed E-state index contributed by atoms with van der Waals surface area (Å²) in [7, 11) is 0. The van der Waals surface area contributed by atoms with E-state index in [9.17, 15) is 0 Å². The smallest absolute Gasteiger partial charge is 0.136 e. The summed E-state index contributed by atoms with van der Waals surface area (Å²) in [6.07, 6.45) is 0. The number of hydrogen-bond donors (Lipinski definition) is 0. The Morgan fingerprint density at radius 3 is 1.74 bits per heavy atom. The van der Waals surface area contributed by atoms with Crippen molar-refractivity contribution in [3.63, 3.8) is 0 Å². The maximum Gasteiger partial charge on any atom is 0.136 e. The normalized spacial score (nSPS) is 11.8. The molecule has 0 saturated carbocycles. The molecule has 0 atom stereocenters. The average Bonchev–Trinajstić information content (AvgIpc) is 3.76. The quantitative estimate of drug-likeness (QED) is 0.169. The fourth-order valence-electron chi connectivity index (χ4n) is 8.25. The maximum atomic E-state index is 6.27. The molecule has 0 fully saturated rings. The number of hydrogen-bond acceptors (Lipinski definition) is 2. The highest BCUT2D eigenvalue weighted by atomic mass is 16.3. The monoisotopic (exact) mass is 676 g/mol. The Kier molecular flexibility index (Phi) is 6.55. The van der Waals surface area contributed by atoms with Crippen LogP contribution in [0.3, 0.4) is 0 Å². The highest BCUT2D eigenvalue weighted by Gasteiger charge is 2.18. The van der Waals surface area contributed by atoms with Crippen LogP contribution in [0.5, 0.6) is 0 Å². The van der Waals surface area contributed by atoms with Gasteiger partial charge in [-0.1, -0.05) is 115 Å². The van der Waals surface area contributed by atoms with E-state index in [1.807, 2.05) is 12.1 Å². The molecular formula is C50H32N2O. The van der Waals surface area contributed by atoms with Gasteiger partial charge in [-0.15, -0.1) is 0 Å². The Labute approximate surface area is 306 Å². The molecule has 0 saturated heterocycles. The lowest BCUT2D eigenvalue weighted by molar-refractivity contribution is 0.669. The molecule has 3 nitrogen and oxygen atoms in total. The largest absolute Gasteiger partial charge is 0.456 e. The third-order valence-electron chi connectivity index (χ3n) is 10.7. The molecule has 3 heteroatoms. The minimum atomic E-state index is 0.914. The second-order valence-electron chi connectivity index (χ2n) is 13.8. The summed E-state index contributed by atoms with van der Waals surface area (Å²) in [5, 5.41) is 9.58. The van der Waals surface area contributed by atoms with Gasteiger partial charge in [0.05, 0.1) is 11.0 Å². The number of aromatic nitrogens is 1. The minimum absolute atomic E-state index is 0.914. The van der Waals surface area contributed by atoms with Crippen LogP contribution in [-0.4, -0.2) is 4.57 Å². The number of benzene rings is 9. The molecule has 0 aliphatic carbocycles. The highest BCUT2D eigenvalue weighted by Crippen LogP contribution is 2.41. The van der Waals surface area contributed by atoms with Crippen LogP contribution in [0.1, 0.15) is 0 Å². The van der Waals surface area contributed by atoms with E-state index in [0.29, 0.717) is 0 Å². The molecule has 9 aromatic carbocycles. The summed E-state index contributed by atoms with van der Waals surface area (Å²) in [6, 6.07) is 69.9. The van der Waals surface area contributed by atoms with Crippen LogP contribution >= 0.6 is 0 Å². The Bertz CT molecular complexity index is 3120. The molecule has 0 radical (unpaired) electrons. The van der Waals surface area contributed by atoms with E-state index in [1.54, 1.807) is 0 Å². The molecule has 11 aromatic rings. The van der Waals surface area contributed by atoms with Gasteiger partial charge >= 0.3 is 0 Å². The molecule has 0 N–H and O–H groups in total. The zero-order chi connectivity index (χ0) is 34.9. The van der Waals surface area contributed by atoms with Crippen molar-refractivity contribution in [2.45, 2.75) is 0 Å². The number of nitrogens with zero attached hydrogens (tertiary/aromatic N) is 2. The molecule has 0 aliphatic rings. The highest BCUT2D eigenvalue weighted by molar-refractivity contribution is 6.17. The third kappa shape index (κ3) is 4.75. The second-order valence-corrected chi connectivity index (χ2v) is 13.8. The fraction of sp³-hybridized carbons (Fsp3) is 0. The van der Waals surface area contributed by atoms with Crippen LogP contribution in [-0.2, 0) is 0 Å². The van der Waals surface area contributed by atoms with Crippen LogP contribution in [0.2, 0.25) is 0 Å². The van der Waals surface area contributed by atoms with Gasteiger partial charge in [0.15, 0.2) is 0 Å². The average molecular weight is 677 g/mol. The van der Waals surface area contributed by atoms with E-state index in [4.69, 9.17) is 4.42 Å². The van der Waals surface area contributed by atoms with Crippen molar-refractivity contribution in [3.8, 4) is 16.8 Å². The summed E-state index contributed by atoms with van der Waals surface area (Å²) in [5.41, 5.74) is 11.0. The first-order chi connectivity index (χ1) is 26.3. The van der Waals surface area contributed by atoms with Gasteiger partial charge in [0.2, 0.25) is 0 Å². The first-order valence-corrected chi connectivity index (χ1v) is 18.1. The van der Waals surface area contributed by atoms with Gasteiger partial charge in [0.25, 0.3) is 0 Å². The van der Waals surface area contributed by atoms with Crippen molar-refractivity contribution in [2.24, 2.45) is 0 Å². The zero-order valence-corrected chi connectivity index (χ0v) is 28.8. The maximum absolute atomic E-state index is 6.27. The van der Waals surface area contributed by atoms with Crippen LogP contribution in [0.25, 0.3) is 82.1 Å². The molecule has 0 unspecified atom stereocenters. The Hall–Kier alpha value is -7.10. The van der Waals surface area contributed by atoms with Crippen LogP contribution < -0.4 is 4.90 Å². The fourth-order valence-corrected chi connectivity index (χ4v) is 8.25. The zero-order valence-electron chi connectivity index (χ0n) is 28.8. The lowest BCUT2D eigenvalue weighted by atomic mass is 9.98. The second kappa shape index (κ2) is 11.7. The Morgan fingerprint density at radius 2 is 0.943 bits per heavy atom. The molecule has 2 aromatic heterocycles. The van der Waals surface area contributed by atoms with E-state index in [0.717, 1.165) is 50.1 Å². The first-order valence-electron chi connectivity index (χ1n) is 18.1. The number of rotatable bonds is 5. The van der Waals surface area contributed by atoms with E-state index in [2.05, 4.69) is 191 Å². The molecule has 2 heterocycles. The van der Waals surface area contributed by atoms with Crippen molar-refractivity contribution in [3.05, 3.63) is 194 Å². The van der Waals surface area contributed by atoms with Gasteiger partial charge < -0.3 is 13.9 Å². The third-order valence-corrected chi connectivity index (χ3v) is 10.7. The molecular weight excluding hydrogens is 645 g/mol. The van der Waals surface area contributed by atoms with Crippen molar-refractivity contribution < 1.29 is 4.42 Å². The van der Waals surface area contributed by atoms with Gasteiger partial charge in [0.1, 0.15) is 11.2 Å². The van der Waals surface area contributed by atoms with Gasteiger partial charge in [-0.3, -0.25) is 0 Å². The minimum Gasteiger partial charge on any atom is -0.456 e. The summed E-state index contributed by atoms with van der Waals surface area (Å²) in [6.45, 7) is 0. The lowest BCUT2D eigenvalue weighted by Crippen LogP contribution is -2.10. The molecule has 11 rings (SSSR count). The SMILES string of the molecule is c1ccc(-c2cccc(N(c3ccc(-n4c5ccccc5c5ccccc54)cc3)c3ccc4ccc5cc6oc7ccccc7c6cc5c4c3)c2)cc1. The van der Waals surface area contributed by atoms with Gasteiger partial charge in [-0.2, -0.15) is 0 Å². The van der Waals surface area contributed by atoms with Crippen molar-refractivity contribution in [1.29, 1.82) is 0 Å². The number of para-hydroxylation sites is 3. The van der Waals surface area contributed by atoms with E-state index in [1.165, 1.54) is 49.1 Å².